The Bertz CT molecular complexity index is 506. The van der Waals surface area contributed by atoms with Gasteiger partial charge in [-0.15, -0.1) is 0 Å². The average Bonchev–Trinajstić information content (AvgIpc) is 2.50. The van der Waals surface area contributed by atoms with Gasteiger partial charge in [-0.1, -0.05) is 37.5 Å². The van der Waals surface area contributed by atoms with Crippen molar-refractivity contribution >= 4 is 5.91 Å². The molecule has 1 amide bonds. The van der Waals surface area contributed by atoms with E-state index in [1.54, 1.807) is 0 Å². The Morgan fingerprint density at radius 1 is 1.23 bits per heavy atom. The maximum atomic E-state index is 12.3. The first-order chi connectivity index (χ1) is 10.5. The standard InChI is InChI=1S/C19H30N2O/c1-14-10-11-17(12-15(14)2)16(3)20-19(22)13-21(4)18-8-6-5-7-9-18/h10-12,16,18H,5-9,13H2,1-4H3,(H,20,22). The molecule has 1 atom stereocenters. The Hall–Kier alpha value is -1.35. The third-order valence-corrected chi connectivity index (χ3v) is 5.00. The lowest BCUT2D eigenvalue weighted by molar-refractivity contribution is -0.123. The molecule has 22 heavy (non-hydrogen) atoms. The summed E-state index contributed by atoms with van der Waals surface area (Å²) in [5, 5.41) is 3.13. The molecule has 1 saturated carbocycles. The summed E-state index contributed by atoms with van der Waals surface area (Å²) >= 11 is 0. The van der Waals surface area contributed by atoms with Gasteiger partial charge < -0.3 is 5.32 Å². The minimum atomic E-state index is 0.0616. The molecule has 2 rings (SSSR count). The van der Waals surface area contributed by atoms with Crippen LogP contribution in [0.1, 0.15) is 61.8 Å². The highest BCUT2D eigenvalue weighted by Crippen LogP contribution is 2.21. The first-order valence-corrected chi connectivity index (χ1v) is 8.54. The molecular weight excluding hydrogens is 272 g/mol. The Labute approximate surface area is 135 Å². The van der Waals surface area contributed by atoms with E-state index in [0.29, 0.717) is 12.6 Å². The van der Waals surface area contributed by atoms with E-state index in [0.717, 1.165) is 0 Å². The number of nitrogens with zero attached hydrogens (tertiary/aromatic N) is 1. The highest BCUT2D eigenvalue weighted by Gasteiger charge is 2.20. The van der Waals surface area contributed by atoms with Gasteiger partial charge in [0.1, 0.15) is 0 Å². The number of aryl methyl sites for hydroxylation is 2. The maximum absolute atomic E-state index is 12.3. The number of hydrogen-bond donors (Lipinski definition) is 1. The first kappa shape index (κ1) is 17.0. The van der Waals surface area contributed by atoms with Crippen molar-refractivity contribution in [2.24, 2.45) is 0 Å². The van der Waals surface area contributed by atoms with Crippen molar-refractivity contribution in [1.29, 1.82) is 0 Å². The van der Waals surface area contributed by atoms with E-state index in [2.05, 4.69) is 56.2 Å². The second-order valence-electron chi connectivity index (χ2n) is 6.84. The molecule has 1 N–H and O–H groups in total. The fourth-order valence-electron chi connectivity index (χ4n) is 3.28. The van der Waals surface area contributed by atoms with Gasteiger partial charge in [0.2, 0.25) is 5.91 Å². The van der Waals surface area contributed by atoms with Crippen molar-refractivity contribution in [3.63, 3.8) is 0 Å². The van der Waals surface area contributed by atoms with Crippen LogP contribution in [0.5, 0.6) is 0 Å². The van der Waals surface area contributed by atoms with Crippen LogP contribution in [0.4, 0.5) is 0 Å². The molecule has 1 unspecified atom stereocenters. The summed E-state index contributed by atoms with van der Waals surface area (Å²) in [4.78, 5) is 14.5. The summed E-state index contributed by atoms with van der Waals surface area (Å²) in [7, 11) is 2.08. The number of carbonyl (C=O) groups excluding carboxylic acids is 1. The lowest BCUT2D eigenvalue weighted by atomic mass is 9.94. The summed E-state index contributed by atoms with van der Waals surface area (Å²) in [6.45, 7) is 6.79. The topological polar surface area (TPSA) is 32.3 Å². The predicted octanol–water partition coefficient (Wildman–Crippen LogP) is 3.75. The number of rotatable bonds is 5. The zero-order chi connectivity index (χ0) is 16.1. The zero-order valence-electron chi connectivity index (χ0n) is 14.5. The third kappa shape index (κ3) is 4.57. The van der Waals surface area contributed by atoms with Crippen molar-refractivity contribution in [3.8, 4) is 0 Å². The van der Waals surface area contributed by atoms with Crippen LogP contribution in [0.15, 0.2) is 18.2 Å². The van der Waals surface area contributed by atoms with E-state index in [1.807, 2.05) is 0 Å². The van der Waals surface area contributed by atoms with Crippen LogP contribution < -0.4 is 5.32 Å². The van der Waals surface area contributed by atoms with Gasteiger partial charge >= 0.3 is 0 Å². The summed E-state index contributed by atoms with van der Waals surface area (Å²) < 4.78 is 0. The minimum Gasteiger partial charge on any atom is -0.348 e. The van der Waals surface area contributed by atoms with E-state index in [9.17, 15) is 4.79 Å². The van der Waals surface area contributed by atoms with Gasteiger partial charge in [-0.25, -0.2) is 0 Å². The fourth-order valence-corrected chi connectivity index (χ4v) is 3.28. The second kappa shape index (κ2) is 7.77. The number of amides is 1. The molecule has 1 fully saturated rings. The van der Waals surface area contributed by atoms with Gasteiger partial charge in [0, 0.05) is 6.04 Å². The molecule has 122 valence electrons. The lowest BCUT2D eigenvalue weighted by Gasteiger charge is -2.31. The van der Waals surface area contributed by atoms with Crippen molar-refractivity contribution < 1.29 is 4.79 Å². The number of carbonyl (C=O) groups is 1. The Kier molecular flexibility index (Phi) is 6.01. The van der Waals surface area contributed by atoms with Crippen molar-refractivity contribution in [2.75, 3.05) is 13.6 Å². The first-order valence-electron chi connectivity index (χ1n) is 8.54. The molecule has 0 aliphatic heterocycles. The minimum absolute atomic E-state index is 0.0616. The zero-order valence-corrected chi connectivity index (χ0v) is 14.5. The molecule has 0 spiro atoms. The monoisotopic (exact) mass is 302 g/mol. The van der Waals surface area contributed by atoms with E-state index in [-0.39, 0.29) is 11.9 Å². The quantitative estimate of drug-likeness (QED) is 0.898. The Morgan fingerprint density at radius 2 is 1.91 bits per heavy atom. The maximum Gasteiger partial charge on any atom is 0.234 e. The molecule has 1 aromatic carbocycles. The second-order valence-corrected chi connectivity index (χ2v) is 6.84. The smallest absolute Gasteiger partial charge is 0.234 e. The van der Waals surface area contributed by atoms with Gasteiger partial charge in [0.25, 0.3) is 0 Å². The van der Waals surface area contributed by atoms with Crippen LogP contribution in [0, 0.1) is 13.8 Å². The number of likely N-dealkylation sites (N-methyl/N-ethyl adjacent to an activating group) is 1. The van der Waals surface area contributed by atoms with Crippen LogP contribution in [0.3, 0.4) is 0 Å². The molecule has 3 nitrogen and oxygen atoms in total. The van der Waals surface area contributed by atoms with Crippen molar-refractivity contribution in [3.05, 3.63) is 34.9 Å². The SMILES string of the molecule is Cc1ccc(C(C)NC(=O)CN(C)C2CCCCC2)cc1C. The molecular formula is C19H30N2O. The normalized spacial score (nSPS) is 17.5. The van der Waals surface area contributed by atoms with E-state index < -0.39 is 0 Å². The highest BCUT2D eigenvalue weighted by atomic mass is 16.2. The van der Waals surface area contributed by atoms with Gasteiger partial charge in [-0.3, -0.25) is 9.69 Å². The molecule has 0 aromatic heterocycles. The van der Waals surface area contributed by atoms with Crippen LogP contribution >= 0.6 is 0 Å². The Balaban J connectivity index is 1.86. The molecule has 0 heterocycles. The average molecular weight is 302 g/mol. The summed E-state index contributed by atoms with van der Waals surface area (Å²) in [5.74, 6) is 0.124. The molecule has 0 saturated heterocycles. The molecule has 1 aliphatic rings. The van der Waals surface area contributed by atoms with Gasteiger partial charge in [0.05, 0.1) is 12.6 Å². The van der Waals surface area contributed by atoms with Gasteiger partial charge in [-0.2, -0.15) is 0 Å². The molecule has 0 radical (unpaired) electrons. The molecule has 3 heteroatoms. The van der Waals surface area contributed by atoms with Crippen LogP contribution in [0.25, 0.3) is 0 Å². The lowest BCUT2D eigenvalue weighted by Crippen LogP contribution is -2.42. The fraction of sp³-hybridized carbons (Fsp3) is 0.632. The molecule has 1 aliphatic carbocycles. The molecule has 1 aromatic rings. The molecule has 0 bridgehead atoms. The van der Waals surface area contributed by atoms with Crippen LogP contribution in [0.2, 0.25) is 0 Å². The largest absolute Gasteiger partial charge is 0.348 e. The van der Waals surface area contributed by atoms with Crippen LogP contribution in [-0.2, 0) is 4.79 Å². The van der Waals surface area contributed by atoms with Gasteiger partial charge in [-0.05, 0) is 57.4 Å². The highest BCUT2D eigenvalue weighted by molar-refractivity contribution is 5.78. The van der Waals surface area contributed by atoms with Crippen molar-refractivity contribution in [1.82, 2.24) is 10.2 Å². The number of nitrogens with one attached hydrogen (secondary N) is 1. The number of hydrogen-bond acceptors (Lipinski definition) is 2. The van der Waals surface area contributed by atoms with E-state index in [4.69, 9.17) is 0 Å². The van der Waals surface area contributed by atoms with E-state index >= 15 is 0 Å². The summed E-state index contributed by atoms with van der Waals surface area (Å²) in [6.07, 6.45) is 6.42. The van der Waals surface area contributed by atoms with Gasteiger partial charge in [0.15, 0.2) is 0 Å². The van der Waals surface area contributed by atoms with Crippen LogP contribution in [-0.4, -0.2) is 30.4 Å². The predicted molar refractivity (Wildman–Crippen MR) is 92.0 cm³/mol. The number of benzene rings is 1. The summed E-state index contributed by atoms with van der Waals surface area (Å²) in [5.41, 5.74) is 3.74. The third-order valence-electron chi connectivity index (χ3n) is 5.00. The summed E-state index contributed by atoms with van der Waals surface area (Å²) in [6, 6.07) is 7.05. The van der Waals surface area contributed by atoms with E-state index in [1.165, 1.54) is 48.8 Å². The Morgan fingerprint density at radius 3 is 2.55 bits per heavy atom. The van der Waals surface area contributed by atoms with Crippen molar-refractivity contribution in [2.45, 2.75) is 65.0 Å².